The SMILES string of the molecule is CC(C)NCc1cn(CCOCCOC(C)(C)C)nn1. The summed E-state index contributed by atoms with van der Waals surface area (Å²) in [6.07, 6.45) is 1.95. The molecule has 0 unspecified atom stereocenters. The maximum absolute atomic E-state index is 5.57. The minimum atomic E-state index is -0.104. The Morgan fingerprint density at radius 2 is 2.00 bits per heavy atom. The Kier molecular flexibility index (Phi) is 7.12. The molecule has 1 heterocycles. The van der Waals surface area contributed by atoms with Crippen LogP contribution in [0.3, 0.4) is 0 Å². The second-order valence-electron chi connectivity index (χ2n) is 6.08. The molecule has 0 radical (unpaired) electrons. The third-order valence-electron chi connectivity index (χ3n) is 2.50. The molecule has 20 heavy (non-hydrogen) atoms. The van der Waals surface area contributed by atoms with E-state index in [1.165, 1.54) is 0 Å². The van der Waals surface area contributed by atoms with Gasteiger partial charge in [-0.15, -0.1) is 5.10 Å². The minimum Gasteiger partial charge on any atom is -0.377 e. The number of rotatable bonds is 9. The van der Waals surface area contributed by atoms with E-state index in [-0.39, 0.29) is 5.60 Å². The van der Waals surface area contributed by atoms with Gasteiger partial charge in [-0.1, -0.05) is 19.1 Å². The number of nitrogens with one attached hydrogen (secondary N) is 1. The van der Waals surface area contributed by atoms with Crippen molar-refractivity contribution in [1.29, 1.82) is 0 Å². The van der Waals surface area contributed by atoms with E-state index in [1.54, 1.807) is 0 Å². The van der Waals surface area contributed by atoms with E-state index in [0.29, 0.717) is 32.4 Å². The van der Waals surface area contributed by atoms with Crippen molar-refractivity contribution < 1.29 is 9.47 Å². The highest BCUT2D eigenvalue weighted by Crippen LogP contribution is 2.05. The lowest BCUT2D eigenvalue weighted by Gasteiger charge is -2.19. The molecule has 1 aromatic heterocycles. The zero-order valence-corrected chi connectivity index (χ0v) is 13.3. The first-order valence-electron chi connectivity index (χ1n) is 7.21. The Balaban J connectivity index is 2.10. The highest BCUT2D eigenvalue weighted by atomic mass is 16.5. The summed E-state index contributed by atoms with van der Waals surface area (Å²) >= 11 is 0. The van der Waals surface area contributed by atoms with Crippen LogP contribution in [0.5, 0.6) is 0 Å². The number of hydrogen-bond donors (Lipinski definition) is 1. The number of aromatic nitrogens is 3. The number of ether oxygens (including phenoxy) is 2. The maximum atomic E-state index is 5.57. The normalized spacial score (nSPS) is 12.3. The molecule has 1 N–H and O–H groups in total. The quantitative estimate of drug-likeness (QED) is 0.698. The summed E-state index contributed by atoms with van der Waals surface area (Å²) in [6, 6.07) is 0.450. The molecular formula is C14H28N4O2. The molecular weight excluding hydrogens is 256 g/mol. The van der Waals surface area contributed by atoms with E-state index in [9.17, 15) is 0 Å². The first kappa shape index (κ1) is 17.1. The van der Waals surface area contributed by atoms with Crippen LogP contribution in [-0.2, 0) is 22.6 Å². The maximum Gasteiger partial charge on any atom is 0.0964 e. The second kappa shape index (κ2) is 8.34. The van der Waals surface area contributed by atoms with E-state index in [0.717, 1.165) is 12.2 Å². The molecule has 0 spiro atoms. The summed E-state index contributed by atoms with van der Waals surface area (Å²) in [4.78, 5) is 0. The molecule has 116 valence electrons. The summed E-state index contributed by atoms with van der Waals surface area (Å²) in [5, 5.41) is 11.5. The van der Waals surface area contributed by atoms with Crippen molar-refractivity contribution in [3.05, 3.63) is 11.9 Å². The Labute approximate surface area is 121 Å². The van der Waals surface area contributed by atoms with Gasteiger partial charge in [0.2, 0.25) is 0 Å². The molecule has 0 aliphatic rings. The average molecular weight is 284 g/mol. The Bertz CT molecular complexity index is 371. The van der Waals surface area contributed by atoms with E-state index in [1.807, 2.05) is 31.6 Å². The van der Waals surface area contributed by atoms with Crippen molar-refractivity contribution in [3.8, 4) is 0 Å². The van der Waals surface area contributed by atoms with Gasteiger partial charge in [0.05, 0.1) is 37.7 Å². The molecule has 1 aromatic rings. The fraction of sp³-hybridized carbons (Fsp3) is 0.857. The fourth-order valence-corrected chi connectivity index (χ4v) is 1.50. The van der Waals surface area contributed by atoms with Gasteiger partial charge in [0.15, 0.2) is 0 Å². The molecule has 0 aromatic carbocycles. The highest BCUT2D eigenvalue weighted by molar-refractivity contribution is 4.91. The van der Waals surface area contributed by atoms with Crippen LogP contribution in [0, 0.1) is 0 Å². The third kappa shape index (κ3) is 8.24. The summed E-state index contributed by atoms with van der Waals surface area (Å²) in [5.41, 5.74) is 0.850. The third-order valence-corrected chi connectivity index (χ3v) is 2.50. The fourth-order valence-electron chi connectivity index (χ4n) is 1.50. The van der Waals surface area contributed by atoms with Crippen molar-refractivity contribution in [2.24, 2.45) is 0 Å². The van der Waals surface area contributed by atoms with Gasteiger partial charge in [-0.05, 0) is 20.8 Å². The summed E-state index contributed by atoms with van der Waals surface area (Å²) < 4.78 is 12.9. The lowest BCUT2D eigenvalue weighted by Crippen LogP contribution is -2.22. The Morgan fingerprint density at radius 1 is 1.25 bits per heavy atom. The first-order chi connectivity index (χ1) is 9.37. The number of nitrogens with zero attached hydrogens (tertiary/aromatic N) is 3. The van der Waals surface area contributed by atoms with Crippen molar-refractivity contribution in [2.75, 3.05) is 19.8 Å². The number of hydrogen-bond acceptors (Lipinski definition) is 5. The van der Waals surface area contributed by atoms with Gasteiger partial charge >= 0.3 is 0 Å². The van der Waals surface area contributed by atoms with Crippen molar-refractivity contribution in [1.82, 2.24) is 20.3 Å². The van der Waals surface area contributed by atoms with E-state index in [4.69, 9.17) is 9.47 Å². The van der Waals surface area contributed by atoms with Crippen LogP contribution in [0.2, 0.25) is 0 Å². The first-order valence-corrected chi connectivity index (χ1v) is 7.21. The molecule has 0 saturated heterocycles. The van der Waals surface area contributed by atoms with E-state index < -0.39 is 0 Å². The van der Waals surface area contributed by atoms with E-state index >= 15 is 0 Å². The van der Waals surface area contributed by atoms with Crippen molar-refractivity contribution >= 4 is 0 Å². The smallest absolute Gasteiger partial charge is 0.0964 e. The Morgan fingerprint density at radius 3 is 2.65 bits per heavy atom. The van der Waals surface area contributed by atoms with Gasteiger partial charge in [0.1, 0.15) is 0 Å². The van der Waals surface area contributed by atoms with Gasteiger partial charge in [0, 0.05) is 18.8 Å². The van der Waals surface area contributed by atoms with Gasteiger partial charge in [0.25, 0.3) is 0 Å². The van der Waals surface area contributed by atoms with Crippen LogP contribution < -0.4 is 5.32 Å². The predicted molar refractivity (Wildman–Crippen MR) is 78.5 cm³/mol. The van der Waals surface area contributed by atoms with Crippen LogP contribution in [0.1, 0.15) is 40.3 Å². The molecule has 6 nitrogen and oxygen atoms in total. The summed E-state index contributed by atoms with van der Waals surface area (Å²) in [7, 11) is 0. The lowest BCUT2D eigenvalue weighted by molar-refractivity contribution is -0.0359. The zero-order chi connectivity index (χ0) is 15.0. The minimum absolute atomic E-state index is 0.104. The van der Waals surface area contributed by atoms with Crippen molar-refractivity contribution in [3.63, 3.8) is 0 Å². The Hall–Kier alpha value is -0.980. The molecule has 0 amide bonds. The monoisotopic (exact) mass is 284 g/mol. The second-order valence-corrected chi connectivity index (χ2v) is 6.08. The molecule has 0 bridgehead atoms. The van der Waals surface area contributed by atoms with Crippen LogP contribution in [-0.4, -0.2) is 46.5 Å². The van der Waals surface area contributed by atoms with Crippen LogP contribution in [0.15, 0.2) is 6.20 Å². The zero-order valence-electron chi connectivity index (χ0n) is 13.3. The van der Waals surface area contributed by atoms with Gasteiger partial charge < -0.3 is 14.8 Å². The van der Waals surface area contributed by atoms with Gasteiger partial charge in [-0.25, -0.2) is 4.68 Å². The molecule has 0 saturated carbocycles. The molecule has 0 aliphatic carbocycles. The van der Waals surface area contributed by atoms with Crippen molar-refractivity contribution in [2.45, 2.75) is 59.4 Å². The van der Waals surface area contributed by atoms with Gasteiger partial charge in [-0.3, -0.25) is 0 Å². The standard InChI is InChI=1S/C14H28N4O2/c1-12(2)15-10-13-11-18(17-16-13)6-7-19-8-9-20-14(3,4)5/h11-12,15H,6-10H2,1-5H3. The molecule has 6 heteroatoms. The predicted octanol–water partition coefficient (Wildman–Crippen LogP) is 1.61. The van der Waals surface area contributed by atoms with Crippen LogP contribution in [0.25, 0.3) is 0 Å². The van der Waals surface area contributed by atoms with E-state index in [2.05, 4.69) is 29.5 Å². The summed E-state index contributed by atoms with van der Waals surface area (Å²) in [5.74, 6) is 0. The molecule has 0 atom stereocenters. The molecule has 0 fully saturated rings. The largest absolute Gasteiger partial charge is 0.377 e. The van der Waals surface area contributed by atoms with Crippen LogP contribution in [0.4, 0.5) is 0 Å². The van der Waals surface area contributed by atoms with Gasteiger partial charge in [-0.2, -0.15) is 0 Å². The average Bonchev–Trinajstić information content (AvgIpc) is 2.77. The van der Waals surface area contributed by atoms with Crippen LogP contribution >= 0.6 is 0 Å². The lowest BCUT2D eigenvalue weighted by atomic mass is 10.2. The molecule has 1 rings (SSSR count). The molecule has 0 aliphatic heterocycles. The topological polar surface area (TPSA) is 61.2 Å². The highest BCUT2D eigenvalue weighted by Gasteiger charge is 2.08. The summed E-state index contributed by atoms with van der Waals surface area (Å²) in [6.45, 7) is 13.6.